The van der Waals surface area contributed by atoms with Gasteiger partial charge in [-0.3, -0.25) is 0 Å². The van der Waals surface area contributed by atoms with Crippen molar-refractivity contribution >= 4 is 17.2 Å². The number of halogens is 1. The molecular formula is C15H20ClN3. The first-order valence-electron chi connectivity index (χ1n) is 7.02. The van der Waals surface area contributed by atoms with E-state index in [1.165, 1.54) is 25.1 Å². The van der Waals surface area contributed by atoms with Crippen LogP contribution in [0.3, 0.4) is 0 Å². The predicted molar refractivity (Wildman–Crippen MR) is 78.9 cm³/mol. The van der Waals surface area contributed by atoms with E-state index < -0.39 is 0 Å². The normalized spacial score (nSPS) is 21.4. The number of fused-ring (bicyclic) bond motifs is 1. The molecule has 1 saturated heterocycles. The summed E-state index contributed by atoms with van der Waals surface area (Å²) in [6.45, 7) is 6.85. The fraction of sp³-hybridized carbons (Fsp3) is 0.533. The van der Waals surface area contributed by atoms with Crippen LogP contribution in [0.2, 0.25) is 5.02 Å². The van der Waals surface area contributed by atoms with Gasteiger partial charge in [0.2, 0.25) is 0 Å². The Labute approximate surface area is 119 Å². The van der Waals surface area contributed by atoms with Gasteiger partial charge in [0.05, 0.1) is 10.7 Å². The number of imidazole rings is 1. The maximum absolute atomic E-state index is 6.19. The molecule has 0 spiro atoms. The summed E-state index contributed by atoms with van der Waals surface area (Å²) in [5.41, 5.74) is 2.05. The molecule has 1 atom stereocenters. The SMILES string of the molecule is CC(C)N1CCCC(c2cn3cccc(Cl)c3n2)C1. The molecule has 0 amide bonds. The van der Waals surface area contributed by atoms with Crippen LogP contribution in [0.1, 0.15) is 38.3 Å². The van der Waals surface area contributed by atoms with Crippen molar-refractivity contribution < 1.29 is 0 Å². The van der Waals surface area contributed by atoms with E-state index in [1.807, 2.05) is 22.7 Å². The van der Waals surface area contributed by atoms with Gasteiger partial charge in [-0.05, 0) is 45.4 Å². The molecule has 19 heavy (non-hydrogen) atoms. The van der Waals surface area contributed by atoms with Crippen molar-refractivity contribution in [2.75, 3.05) is 13.1 Å². The largest absolute Gasteiger partial charge is 0.306 e. The topological polar surface area (TPSA) is 20.5 Å². The number of pyridine rings is 1. The van der Waals surface area contributed by atoms with Crippen molar-refractivity contribution in [1.82, 2.24) is 14.3 Å². The summed E-state index contributed by atoms with van der Waals surface area (Å²) in [5.74, 6) is 0.534. The molecule has 3 heterocycles. The van der Waals surface area contributed by atoms with Gasteiger partial charge in [-0.2, -0.15) is 0 Å². The highest BCUT2D eigenvalue weighted by Gasteiger charge is 2.24. The molecule has 0 saturated carbocycles. The number of nitrogens with zero attached hydrogens (tertiary/aromatic N) is 3. The van der Waals surface area contributed by atoms with Crippen molar-refractivity contribution in [2.24, 2.45) is 0 Å². The maximum Gasteiger partial charge on any atom is 0.155 e. The Morgan fingerprint density at radius 3 is 3.00 bits per heavy atom. The van der Waals surface area contributed by atoms with Gasteiger partial charge in [0.15, 0.2) is 5.65 Å². The average Bonchev–Trinajstić information content (AvgIpc) is 2.84. The van der Waals surface area contributed by atoms with Crippen LogP contribution in [0.5, 0.6) is 0 Å². The monoisotopic (exact) mass is 277 g/mol. The predicted octanol–water partition coefficient (Wildman–Crippen LogP) is 3.58. The zero-order valence-electron chi connectivity index (χ0n) is 11.5. The molecule has 1 aliphatic rings. The second-order valence-corrected chi connectivity index (χ2v) is 6.09. The molecule has 1 fully saturated rings. The van der Waals surface area contributed by atoms with Gasteiger partial charge in [0.25, 0.3) is 0 Å². The van der Waals surface area contributed by atoms with Gasteiger partial charge >= 0.3 is 0 Å². The van der Waals surface area contributed by atoms with E-state index >= 15 is 0 Å². The van der Waals surface area contributed by atoms with E-state index in [-0.39, 0.29) is 0 Å². The Morgan fingerprint density at radius 2 is 2.26 bits per heavy atom. The van der Waals surface area contributed by atoms with Gasteiger partial charge in [-0.1, -0.05) is 11.6 Å². The minimum atomic E-state index is 0.534. The van der Waals surface area contributed by atoms with E-state index in [0.717, 1.165) is 17.2 Å². The van der Waals surface area contributed by atoms with Crippen LogP contribution in [-0.4, -0.2) is 33.4 Å². The molecule has 0 radical (unpaired) electrons. The second-order valence-electron chi connectivity index (χ2n) is 5.68. The van der Waals surface area contributed by atoms with E-state index in [9.17, 15) is 0 Å². The molecule has 4 heteroatoms. The standard InChI is InChI=1S/C15H20ClN3/c1-11(2)18-7-3-5-12(9-18)14-10-19-8-4-6-13(16)15(19)17-14/h4,6,8,10-12H,3,5,7,9H2,1-2H3. The first-order chi connectivity index (χ1) is 9.15. The summed E-state index contributed by atoms with van der Waals surface area (Å²) in [4.78, 5) is 7.28. The third kappa shape index (κ3) is 2.49. The lowest BCUT2D eigenvalue weighted by Gasteiger charge is -2.34. The number of likely N-dealkylation sites (tertiary alicyclic amines) is 1. The highest BCUT2D eigenvalue weighted by Crippen LogP contribution is 2.28. The lowest BCUT2D eigenvalue weighted by molar-refractivity contribution is 0.166. The number of hydrogen-bond acceptors (Lipinski definition) is 2. The van der Waals surface area contributed by atoms with Crippen LogP contribution in [0.25, 0.3) is 5.65 Å². The van der Waals surface area contributed by atoms with Crippen molar-refractivity contribution in [2.45, 2.75) is 38.6 Å². The zero-order chi connectivity index (χ0) is 13.4. The molecule has 0 aromatic carbocycles. The Bertz CT molecular complexity index is 576. The van der Waals surface area contributed by atoms with E-state index in [2.05, 4.69) is 24.9 Å². The molecule has 1 aliphatic heterocycles. The summed E-state index contributed by atoms with van der Waals surface area (Å²) in [7, 11) is 0. The van der Waals surface area contributed by atoms with Crippen molar-refractivity contribution in [1.29, 1.82) is 0 Å². The van der Waals surface area contributed by atoms with Crippen LogP contribution >= 0.6 is 11.6 Å². The molecular weight excluding hydrogens is 258 g/mol. The first kappa shape index (κ1) is 12.9. The molecule has 0 N–H and O–H groups in total. The molecule has 0 aliphatic carbocycles. The lowest BCUT2D eigenvalue weighted by Crippen LogP contribution is -2.39. The number of hydrogen-bond donors (Lipinski definition) is 0. The van der Waals surface area contributed by atoms with Gasteiger partial charge in [0, 0.05) is 30.9 Å². The minimum Gasteiger partial charge on any atom is -0.306 e. The van der Waals surface area contributed by atoms with Crippen LogP contribution in [0.4, 0.5) is 0 Å². The smallest absolute Gasteiger partial charge is 0.155 e. The van der Waals surface area contributed by atoms with Crippen LogP contribution in [0.15, 0.2) is 24.5 Å². The summed E-state index contributed by atoms with van der Waals surface area (Å²) in [6.07, 6.45) is 6.63. The fourth-order valence-electron chi connectivity index (χ4n) is 2.91. The van der Waals surface area contributed by atoms with E-state index in [4.69, 9.17) is 16.6 Å². The minimum absolute atomic E-state index is 0.534. The molecule has 2 aromatic rings. The number of rotatable bonds is 2. The molecule has 102 valence electrons. The van der Waals surface area contributed by atoms with Crippen LogP contribution in [0, 0.1) is 0 Å². The molecule has 2 aromatic heterocycles. The first-order valence-corrected chi connectivity index (χ1v) is 7.40. The summed E-state index contributed by atoms with van der Waals surface area (Å²) < 4.78 is 2.03. The summed E-state index contributed by atoms with van der Waals surface area (Å²) >= 11 is 6.19. The molecule has 1 unspecified atom stereocenters. The Hall–Kier alpha value is -1.06. The van der Waals surface area contributed by atoms with Crippen LogP contribution < -0.4 is 0 Å². The Kier molecular flexibility index (Phi) is 3.50. The van der Waals surface area contributed by atoms with Crippen molar-refractivity contribution in [3.63, 3.8) is 0 Å². The Morgan fingerprint density at radius 1 is 1.42 bits per heavy atom. The maximum atomic E-state index is 6.19. The molecule has 0 bridgehead atoms. The summed E-state index contributed by atoms with van der Waals surface area (Å²) in [5, 5.41) is 0.727. The average molecular weight is 278 g/mol. The third-order valence-corrected chi connectivity index (χ3v) is 4.35. The van der Waals surface area contributed by atoms with Crippen molar-refractivity contribution in [3.8, 4) is 0 Å². The fourth-order valence-corrected chi connectivity index (χ4v) is 3.12. The van der Waals surface area contributed by atoms with Gasteiger partial charge in [-0.25, -0.2) is 4.98 Å². The van der Waals surface area contributed by atoms with Gasteiger partial charge in [0.1, 0.15) is 0 Å². The van der Waals surface area contributed by atoms with E-state index in [1.54, 1.807) is 0 Å². The highest BCUT2D eigenvalue weighted by atomic mass is 35.5. The highest BCUT2D eigenvalue weighted by molar-refractivity contribution is 6.33. The van der Waals surface area contributed by atoms with E-state index in [0.29, 0.717) is 12.0 Å². The lowest BCUT2D eigenvalue weighted by atomic mass is 9.94. The quantitative estimate of drug-likeness (QED) is 0.836. The Balaban J connectivity index is 1.89. The summed E-state index contributed by atoms with van der Waals surface area (Å²) in [6, 6.07) is 4.47. The van der Waals surface area contributed by atoms with Gasteiger partial charge < -0.3 is 9.30 Å². The van der Waals surface area contributed by atoms with Crippen LogP contribution in [-0.2, 0) is 0 Å². The number of aromatic nitrogens is 2. The molecule has 3 nitrogen and oxygen atoms in total. The van der Waals surface area contributed by atoms with Gasteiger partial charge in [-0.15, -0.1) is 0 Å². The van der Waals surface area contributed by atoms with Crippen molar-refractivity contribution in [3.05, 3.63) is 35.2 Å². The number of piperidine rings is 1. The molecule has 3 rings (SSSR count). The second kappa shape index (κ2) is 5.14. The zero-order valence-corrected chi connectivity index (χ0v) is 12.3. The third-order valence-electron chi connectivity index (χ3n) is 4.06.